The first-order valence-electron chi connectivity index (χ1n) is 6.80. The molecule has 0 bridgehead atoms. The van der Waals surface area contributed by atoms with Crippen molar-refractivity contribution in [1.29, 1.82) is 0 Å². The molecule has 6 heteroatoms. The highest BCUT2D eigenvalue weighted by Gasteiger charge is 2.22. The Kier molecular flexibility index (Phi) is 2.74. The molecule has 2 aliphatic heterocycles. The summed E-state index contributed by atoms with van der Waals surface area (Å²) in [5, 5.41) is 8.27. The number of benzene rings is 1. The van der Waals surface area contributed by atoms with E-state index in [-0.39, 0.29) is 0 Å². The predicted octanol–water partition coefficient (Wildman–Crippen LogP) is 1.19. The van der Waals surface area contributed by atoms with Crippen LogP contribution in [0.2, 0.25) is 0 Å². The summed E-state index contributed by atoms with van der Waals surface area (Å²) in [4.78, 5) is 7.13. The number of ether oxygens (including phenoxy) is 1. The molecule has 20 heavy (non-hydrogen) atoms. The molecule has 2 aliphatic rings. The molecule has 1 aromatic heterocycles. The molecule has 4 rings (SSSR count). The summed E-state index contributed by atoms with van der Waals surface area (Å²) in [7, 11) is 0. The molecule has 1 aromatic carbocycles. The summed E-state index contributed by atoms with van der Waals surface area (Å²) in [6.45, 7) is 3.28. The first-order valence-corrected chi connectivity index (χ1v) is 6.80. The van der Waals surface area contributed by atoms with Crippen molar-refractivity contribution in [3.8, 4) is 5.69 Å². The maximum Gasteiger partial charge on any atom is 0.145 e. The van der Waals surface area contributed by atoms with E-state index in [0.29, 0.717) is 6.42 Å². The third kappa shape index (κ3) is 1.89. The Morgan fingerprint density at radius 3 is 2.85 bits per heavy atom. The van der Waals surface area contributed by atoms with Crippen LogP contribution in [0.5, 0.6) is 0 Å². The average molecular weight is 269 g/mol. The van der Waals surface area contributed by atoms with Crippen molar-refractivity contribution < 1.29 is 4.74 Å². The van der Waals surface area contributed by atoms with E-state index in [4.69, 9.17) is 9.73 Å². The van der Waals surface area contributed by atoms with E-state index in [1.54, 1.807) is 6.33 Å². The smallest absolute Gasteiger partial charge is 0.145 e. The molecule has 3 heterocycles. The molecular formula is C14H15N5O. The standard InChI is InChI=1S/C14H15N5O/c1-2-4-12-11(3-1)16-13(18-5-7-20-8-6-18)9-14-17-15-10-19(12)14/h1-4,10H,5-9H2. The van der Waals surface area contributed by atoms with Crippen LogP contribution in [0.15, 0.2) is 35.6 Å². The van der Waals surface area contributed by atoms with Gasteiger partial charge in [0.05, 0.1) is 31.0 Å². The lowest BCUT2D eigenvalue weighted by Gasteiger charge is -2.29. The van der Waals surface area contributed by atoms with Gasteiger partial charge in [0.2, 0.25) is 0 Å². The van der Waals surface area contributed by atoms with Crippen molar-refractivity contribution in [2.45, 2.75) is 6.42 Å². The van der Waals surface area contributed by atoms with Crippen LogP contribution in [0.1, 0.15) is 5.82 Å². The van der Waals surface area contributed by atoms with Gasteiger partial charge in [0.1, 0.15) is 18.0 Å². The minimum Gasteiger partial charge on any atom is -0.378 e. The second-order valence-electron chi connectivity index (χ2n) is 4.91. The van der Waals surface area contributed by atoms with Crippen molar-refractivity contribution in [1.82, 2.24) is 19.7 Å². The fourth-order valence-corrected chi connectivity index (χ4v) is 2.67. The number of aromatic nitrogens is 3. The molecule has 0 radical (unpaired) electrons. The van der Waals surface area contributed by atoms with E-state index in [9.17, 15) is 0 Å². The molecule has 2 aromatic rings. The molecule has 0 aliphatic carbocycles. The number of hydrogen-bond acceptors (Lipinski definition) is 5. The molecular weight excluding hydrogens is 254 g/mol. The highest BCUT2D eigenvalue weighted by molar-refractivity contribution is 5.88. The van der Waals surface area contributed by atoms with Crippen LogP contribution in [0.3, 0.4) is 0 Å². The normalized spacial score (nSPS) is 18.0. The van der Waals surface area contributed by atoms with Gasteiger partial charge in [-0.05, 0) is 12.1 Å². The summed E-state index contributed by atoms with van der Waals surface area (Å²) in [5.41, 5.74) is 2.00. The maximum absolute atomic E-state index is 5.42. The molecule has 0 N–H and O–H groups in total. The first kappa shape index (κ1) is 11.6. The number of rotatable bonds is 0. The van der Waals surface area contributed by atoms with E-state index < -0.39 is 0 Å². The van der Waals surface area contributed by atoms with Crippen LogP contribution in [-0.4, -0.2) is 51.8 Å². The van der Waals surface area contributed by atoms with E-state index in [1.807, 2.05) is 28.8 Å². The Morgan fingerprint density at radius 1 is 1.10 bits per heavy atom. The van der Waals surface area contributed by atoms with Gasteiger partial charge in [-0.2, -0.15) is 0 Å². The number of para-hydroxylation sites is 2. The Bertz CT molecular complexity index is 657. The van der Waals surface area contributed by atoms with Crippen LogP contribution in [0.25, 0.3) is 5.69 Å². The Hall–Kier alpha value is -2.21. The fourth-order valence-electron chi connectivity index (χ4n) is 2.67. The molecule has 0 atom stereocenters. The first-order chi connectivity index (χ1) is 9.92. The van der Waals surface area contributed by atoms with Gasteiger partial charge in [0, 0.05) is 13.1 Å². The van der Waals surface area contributed by atoms with Gasteiger partial charge in [-0.15, -0.1) is 10.2 Å². The van der Waals surface area contributed by atoms with E-state index in [2.05, 4.69) is 15.1 Å². The summed E-state index contributed by atoms with van der Waals surface area (Å²) < 4.78 is 7.44. The number of fused-ring (bicyclic) bond motifs is 3. The van der Waals surface area contributed by atoms with Crippen LogP contribution in [-0.2, 0) is 11.2 Å². The molecule has 1 fully saturated rings. The molecule has 1 saturated heterocycles. The number of amidine groups is 1. The Balaban J connectivity index is 1.81. The van der Waals surface area contributed by atoms with E-state index in [1.165, 1.54) is 0 Å². The Labute approximate surface area is 116 Å². The minimum atomic E-state index is 0.703. The van der Waals surface area contributed by atoms with Gasteiger partial charge in [-0.1, -0.05) is 12.1 Å². The van der Waals surface area contributed by atoms with Gasteiger partial charge in [0.15, 0.2) is 0 Å². The number of nitrogens with zero attached hydrogens (tertiary/aromatic N) is 5. The zero-order chi connectivity index (χ0) is 13.4. The number of morpholine rings is 1. The molecule has 0 amide bonds. The van der Waals surface area contributed by atoms with Crippen LogP contribution < -0.4 is 0 Å². The van der Waals surface area contributed by atoms with E-state index >= 15 is 0 Å². The van der Waals surface area contributed by atoms with Crippen LogP contribution >= 0.6 is 0 Å². The summed E-state index contributed by atoms with van der Waals surface area (Å²) >= 11 is 0. The van der Waals surface area contributed by atoms with Crippen LogP contribution in [0.4, 0.5) is 5.69 Å². The highest BCUT2D eigenvalue weighted by Crippen LogP contribution is 2.27. The highest BCUT2D eigenvalue weighted by atomic mass is 16.5. The van der Waals surface area contributed by atoms with Crippen molar-refractivity contribution in [3.63, 3.8) is 0 Å². The fraction of sp³-hybridized carbons (Fsp3) is 0.357. The SMILES string of the molecule is c1ccc2c(c1)N=C(N1CCOCC1)Cc1nncn1-2. The van der Waals surface area contributed by atoms with E-state index in [0.717, 1.165) is 49.3 Å². The quantitative estimate of drug-likeness (QED) is 0.721. The predicted molar refractivity (Wildman–Crippen MR) is 74.6 cm³/mol. The summed E-state index contributed by atoms with van der Waals surface area (Å²) in [5.74, 6) is 1.98. The lowest BCUT2D eigenvalue weighted by Crippen LogP contribution is -2.41. The lowest BCUT2D eigenvalue weighted by molar-refractivity contribution is 0.0674. The third-order valence-electron chi connectivity index (χ3n) is 3.70. The summed E-state index contributed by atoms with van der Waals surface area (Å²) in [6, 6.07) is 8.10. The Morgan fingerprint density at radius 2 is 1.95 bits per heavy atom. The van der Waals surface area contributed by atoms with Gasteiger partial charge < -0.3 is 9.64 Å². The molecule has 0 saturated carbocycles. The van der Waals surface area contributed by atoms with Crippen molar-refractivity contribution in [3.05, 3.63) is 36.4 Å². The van der Waals surface area contributed by atoms with Gasteiger partial charge in [-0.25, -0.2) is 4.99 Å². The monoisotopic (exact) mass is 269 g/mol. The maximum atomic E-state index is 5.42. The molecule has 102 valence electrons. The van der Waals surface area contributed by atoms with Gasteiger partial charge in [0.25, 0.3) is 0 Å². The number of hydrogen-bond donors (Lipinski definition) is 0. The number of aliphatic imine (C=N–C) groups is 1. The van der Waals surface area contributed by atoms with Crippen molar-refractivity contribution >= 4 is 11.5 Å². The molecule has 0 spiro atoms. The van der Waals surface area contributed by atoms with Crippen molar-refractivity contribution in [2.75, 3.05) is 26.3 Å². The minimum absolute atomic E-state index is 0.703. The van der Waals surface area contributed by atoms with Gasteiger partial charge in [-0.3, -0.25) is 4.57 Å². The largest absolute Gasteiger partial charge is 0.378 e. The third-order valence-corrected chi connectivity index (χ3v) is 3.70. The van der Waals surface area contributed by atoms with Gasteiger partial charge >= 0.3 is 0 Å². The second kappa shape index (κ2) is 4.72. The zero-order valence-corrected chi connectivity index (χ0v) is 11.1. The molecule has 0 unspecified atom stereocenters. The zero-order valence-electron chi connectivity index (χ0n) is 11.1. The van der Waals surface area contributed by atoms with Crippen LogP contribution in [0, 0.1) is 0 Å². The lowest BCUT2D eigenvalue weighted by atomic mass is 10.2. The second-order valence-corrected chi connectivity index (χ2v) is 4.91. The summed E-state index contributed by atoms with van der Waals surface area (Å²) in [6.07, 6.45) is 2.46. The average Bonchev–Trinajstić information content (AvgIpc) is 2.90. The van der Waals surface area contributed by atoms with Crippen molar-refractivity contribution in [2.24, 2.45) is 4.99 Å². The molecule has 6 nitrogen and oxygen atoms in total. The topological polar surface area (TPSA) is 55.5 Å².